The van der Waals surface area contributed by atoms with Crippen molar-refractivity contribution in [1.29, 1.82) is 0 Å². The Labute approximate surface area is 170 Å². The number of nitrogens with zero attached hydrogens (tertiary/aromatic N) is 1. The van der Waals surface area contributed by atoms with Gasteiger partial charge in [-0.1, -0.05) is 15.9 Å². The number of phenols is 1. The van der Waals surface area contributed by atoms with Crippen LogP contribution in [0.4, 0.5) is 5.69 Å². The molecule has 1 N–H and O–H groups in total. The number of carbonyl (C=O) groups is 2. The molecule has 2 atom stereocenters. The van der Waals surface area contributed by atoms with Gasteiger partial charge >= 0.3 is 11.9 Å². The Balaban J connectivity index is 2.13. The number of rotatable bonds is 7. The molecule has 2 unspecified atom stereocenters. The van der Waals surface area contributed by atoms with Crippen molar-refractivity contribution in [2.24, 2.45) is 0 Å². The van der Waals surface area contributed by atoms with E-state index < -0.39 is 12.1 Å². The first-order chi connectivity index (χ1) is 13.4. The number of alkyl halides is 1. The Morgan fingerprint density at radius 1 is 1.36 bits per heavy atom. The maximum Gasteiger partial charge on any atom is 0.347 e. The van der Waals surface area contributed by atoms with Gasteiger partial charge in [0.15, 0.2) is 29.8 Å². The van der Waals surface area contributed by atoms with E-state index in [9.17, 15) is 14.7 Å². The quantitative estimate of drug-likeness (QED) is 0.384. The third-order valence-electron chi connectivity index (χ3n) is 4.84. The molecule has 0 fully saturated rings. The minimum atomic E-state index is -0.910. The number of quaternary nitrogens is 1. The van der Waals surface area contributed by atoms with E-state index >= 15 is 0 Å². The fourth-order valence-corrected chi connectivity index (χ4v) is 3.73. The molecule has 0 saturated heterocycles. The summed E-state index contributed by atoms with van der Waals surface area (Å²) < 4.78 is 21.4. The molecule has 0 bridgehead atoms. The zero-order chi connectivity index (χ0) is 20.5. The lowest BCUT2D eigenvalue weighted by atomic mass is 10.1. The van der Waals surface area contributed by atoms with Gasteiger partial charge in [-0.25, -0.2) is 14.1 Å². The number of hydrogen-bond acceptors (Lipinski definition) is 7. The van der Waals surface area contributed by atoms with E-state index in [1.54, 1.807) is 12.1 Å². The van der Waals surface area contributed by atoms with Gasteiger partial charge in [0.2, 0.25) is 11.5 Å². The molecule has 8 nitrogen and oxygen atoms in total. The molecule has 0 aromatic heterocycles. The van der Waals surface area contributed by atoms with Crippen molar-refractivity contribution >= 4 is 33.6 Å². The number of benzene rings is 1. The van der Waals surface area contributed by atoms with Crippen LogP contribution in [0.25, 0.3) is 0 Å². The monoisotopic (exact) mass is 454 g/mol. The van der Waals surface area contributed by atoms with Crippen molar-refractivity contribution in [3.63, 3.8) is 0 Å². The van der Waals surface area contributed by atoms with E-state index in [-0.39, 0.29) is 34.3 Å². The summed E-state index contributed by atoms with van der Waals surface area (Å²) in [7, 11) is 4.54. The summed E-state index contributed by atoms with van der Waals surface area (Å²) in [5, 5.41) is 10.8. The average molecular weight is 455 g/mol. The van der Waals surface area contributed by atoms with Gasteiger partial charge in [0.05, 0.1) is 21.3 Å². The van der Waals surface area contributed by atoms with E-state index in [2.05, 4.69) is 15.9 Å². The number of phenolic OH excluding ortho intramolecular Hbond substituents is 1. The van der Waals surface area contributed by atoms with E-state index in [1.807, 2.05) is 13.2 Å². The first-order valence-electron chi connectivity index (χ1n) is 8.54. The van der Waals surface area contributed by atoms with E-state index in [0.29, 0.717) is 23.0 Å². The number of carbonyl (C=O) groups excluding carboxylic acids is 2. The molecule has 1 aromatic carbocycles. The molecule has 2 heterocycles. The highest BCUT2D eigenvalue weighted by molar-refractivity contribution is 9.09. The lowest BCUT2D eigenvalue weighted by Gasteiger charge is -2.30. The van der Waals surface area contributed by atoms with Crippen LogP contribution in [0.1, 0.15) is 6.42 Å². The molecule has 2 aliphatic heterocycles. The van der Waals surface area contributed by atoms with Crippen LogP contribution >= 0.6 is 15.9 Å². The lowest BCUT2D eigenvalue weighted by molar-refractivity contribution is -0.149. The Morgan fingerprint density at radius 2 is 2.11 bits per heavy atom. The third-order valence-corrected chi connectivity index (χ3v) is 5.30. The van der Waals surface area contributed by atoms with Crippen molar-refractivity contribution in [2.45, 2.75) is 12.5 Å². The number of ether oxygens (including phenoxy) is 4. The minimum absolute atomic E-state index is 0.0908. The van der Waals surface area contributed by atoms with Crippen molar-refractivity contribution < 1.29 is 33.6 Å². The average Bonchev–Trinajstić information content (AvgIpc) is 3.22. The summed E-state index contributed by atoms with van der Waals surface area (Å²) >= 11 is 3.30. The zero-order valence-electron chi connectivity index (χ0n) is 15.7. The highest BCUT2D eigenvalue weighted by Crippen LogP contribution is 2.50. The molecule has 9 heteroatoms. The summed E-state index contributed by atoms with van der Waals surface area (Å²) in [4.78, 5) is 24.1. The molecule has 2 aliphatic rings. The summed E-state index contributed by atoms with van der Waals surface area (Å²) in [6, 6.07) is 3.14. The number of esters is 2. The number of likely N-dealkylation sites (N-methyl/N-ethyl adjacent to an activating group) is 1. The summed E-state index contributed by atoms with van der Waals surface area (Å²) in [5.41, 5.74) is 1.81. The molecule has 0 amide bonds. The van der Waals surface area contributed by atoms with Crippen LogP contribution in [0.15, 0.2) is 35.7 Å². The van der Waals surface area contributed by atoms with E-state index in [0.717, 1.165) is 5.70 Å². The van der Waals surface area contributed by atoms with Crippen LogP contribution in [-0.2, 0) is 19.1 Å². The molecule has 0 aliphatic carbocycles. The number of hydrogen-bond donors (Lipinski definition) is 1. The lowest BCUT2D eigenvalue weighted by Crippen LogP contribution is -2.38. The Morgan fingerprint density at radius 3 is 2.75 bits per heavy atom. The van der Waals surface area contributed by atoms with Gasteiger partial charge in [-0.05, 0) is 6.07 Å². The van der Waals surface area contributed by atoms with Crippen LogP contribution in [0.3, 0.4) is 0 Å². The normalized spacial score (nSPS) is 21.4. The predicted octanol–water partition coefficient (Wildman–Crippen LogP) is 2.38. The number of cyclic esters (lactones) is 1. The molecule has 0 spiro atoms. The van der Waals surface area contributed by atoms with Crippen molar-refractivity contribution in [2.75, 3.05) is 33.2 Å². The topological polar surface area (TPSA) is 91.3 Å². The van der Waals surface area contributed by atoms with E-state index in [1.165, 1.54) is 20.3 Å². The molecule has 0 radical (unpaired) electrons. The molecular weight excluding hydrogens is 434 g/mol. The molecule has 150 valence electrons. The largest absolute Gasteiger partial charge is 0.504 e. The summed E-state index contributed by atoms with van der Waals surface area (Å²) in [5.74, 6) is -0.777. The summed E-state index contributed by atoms with van der Waals surface area (Å²) in [6.45, 7) is 0.141. The standard InChI is InChI=1S/C19H20BrNO7/c1-21(9-7-11-13(21)10-27-18(11)23)12-4-5-14(22)17(25-2)16(12)28-15(6-8-20)19(24)26-3/h4-5,7,9,15H,6,8,10H2,1-3H3/p+1. The van der Waals surface area contributed by atoms with Crippen molar-refractivity contribution in [3.05, 3.63) is 35.7 Å². The second-order valence-electron chi connectivity index (χ2n) is 6.40. The van der Waals surface area contributed by atoms with E-state index in [4.69, 9.17) is 18.9 Å². The van der Waals surface area contributed by atoms with Gasteiger partial charge in [0, 0.05) is 23.9 Å². The van der Waals surface area contributed by atoms with Gasteiger partial charge in [0.1, 0.15) is 11.8 Å². The predicted molar refractivity (Wildman–Crippen MR) is 104 cm³/mol. The van der Waals surface area contributed by atoms with Gasteiger partial charge in [0.25, 0.3) is 0 Å². The van der Waals surface area contributed by atoms with Gasteiger partial charge < -0.3 is 24.1 Å². The molecule has 28 heavy (non-hydrogen) atoms. The van der Waals surface area contributed by atoms with Gasteiger partial charge in [-0.3, -0.25) is 0 Å². The fraction of sp³-hybridized carbons (Fsp3) is 0.368. The van der Waals surface area contributed by atoms with Crippen molar-refractivity contribution in [1.82, 2.24) is 4.48 Å². The Bertz CT molecular complexity index is 879. The maximum atomic E-state index is 12.2. The van der Waals surface area contributed by atoms with Crippen LogP contribution in [0.2, 0.25) is 0 Å². The van der Waals surface area contributed by atoms with Gasteiger partial charge in [-0.2, -0.15) is 0 Å². The first-order valence-corrected chi connectivity index (χ1v) is 9.66. The molecule has 0 saturated carbocycles. The second-order valence-corrected chi connectivity index (χ2v) is 7.19. The maximum absolute atomic E-state index is 12.2. The van der Waals surface area contributed by atoms with Crippen LogP contribution in [0, 0.1) is 0 Å². The SMILES string of the molecule is COC(=O)C(CCBr)Oc1c([N+]2(C)C=CC3=C2COC3=O)ccc(O)c1OC. The third kappa shape index (κ3) is 3.24. The number of aromatic hydroxyl groups is 1. The number of halogens is 1. The van der Waals surface area contributed by atoms with Crippen molar-refractivity contribution in [3.8, 4) is 17.2 Å². The second kappa shape index (κ2) is 7.84. The molecule has 1 aromatic rings. The smallest absolute Gasteiger partial charge is 0.347 e. The Hall–Kier alpha value is -2.52. The Kier molecular flexibility index (Phi) is 5.66. The first kappa shape index (κ1) is 20.2. The molecular formula is C19H21BrNO7+. The highest BCUT2D eigenvalue weighted by Gasteiger charge is 2.46. The van der Waals surface area contributed by atoms with Crippen LogP contribution in [-0.4, -0.2) is 56.4 Å². The number of methoxy groups -OCH3 is 2. The molecule has 3 rings (SSSR count). The zero-order valence-corrected chi connectivity index (χ0v) is 17.3. The summed E-state index contributed by atoms with van der Waals surface area (Å²) in [6.07, 6.45) is 2.96. The highest BCUT2D eigenvalue weighted by atomic mass is 79.9. The fourth-order valence-electron chi connectivity index (χ4n) is 3.31. The van der Waals surface area contributed by atoms with Crippen LogP contribution in [0.5, 0.6) is 17.2 Å². The van der Waals surface area contributed by atoms with Gasteiger partial charge in [-0.15, -0.1) is 0 Å². The minimum Gasteiger partial charge on any atom is -0.504 e. The van der Waals surface area contributed by atoms with Crippen LogP contribution < -0.4 is 14.0 Å².